The molecule has 0 aliphatic carbocycles. The molecule has 0 radical (unpaired) electrons. The van der Waals surface area contributed by atoms with E-state index in [0.29, 0.717) is 0 Å². The highest BCUT2D eigenvalue weighted by Crippen LogP contribution is 2.51. The maximum absolute atomic E-state index is 12.4. The molecule has 0 unspecified atom stereocenters. The molecule has 1 aliphatic rings. The van der Waals surface area contributed by atoms with Gasteiger partial charge in [-0.1, -0.05) is 78.5 Å². The predicted octanol–water partition coefficient (Wildman–Crippen LogP) is 4.28. The molecule has 4 rings (SSSR count). The molecule has 0 saturated heterocycles. The number of fused-ring (bicyclic) bond motifs is 1. The Labute approximate surface area is 133 Å². The summed E-state index contributed by atoms with van der Waals surface area (Å²) in [5.41, 5.74) is 2.50. The predicted molar refractivity (Wildman–Crippen MR) is 90.3 cm³/mol. The molecule has 1 aromatic heterocycles. The largest absolute Gasteiger partial charge is 0.294 e. The van der Waals surface area contributed by atoms with E-state index in [1.54, 1.807) is 17.8 Å². The normalized spacial score (nSPS) is 19.8. The van der Waals surface area contributed by atoms with Gasteiger partial charge in [0.1, 0.15) is 0 Å². The highest BCUT2D eigenvalue weighted by molar-refractivity contribution is 7.99. The lowest BCUT2D eigenvalue weighted by Gasteiger charge is -2.21. The minimum atomic E-state index is 0.0392. The number of nitrogens with zero attached hydrogens (tertiary/aromatic N) is 1. The van der Waals surface area contributed by atoms with Crippen molar-refractivity contribution in [1.82, 2.24) is 4.57 Å². The third kappa shape index (κ3) is 2.18. The summed E-state index contributed by atoms with van der Waals surface area (Å²) >= 11 is 1.77. The fourth-order valence-electron chi connectivity index (χ4n) is 3.05. The Hall–Kier alpha value is -2.26. The molecule has 108 valence electrons. The zero-order chi connectivity index (χ0) is 14.9. The average Bonchev–Trinajstić information content (AvgIpc) is 2.97. The van der Waals surface area contributed by atoms with Gasteiger partial charge in [-0.3, -0.25) is 9.36 Å². The summed E-state index contributed by atoms with van der Waals surface area (Å²) in [6.07, 6.45) is 0. The van der Waals surface area contributed by atoms with Crippen LogP contribution in [-0.4, -0.2) is 4.57 Å². The van der Waals surface area contributed by atoms with Gasteiger partial charge in [-0.15, -0.1) is 0 Å². The van der Waals surface area contributed by atoms with Gasteiger partial charge in [0.2, 0.25) is 0 Å². The summed E-state index contributed by atoms with van der Waals surface area (Å²) in [6, 6.07) is 26.3. The molecular weight excluding hydrogens is 290 g/mol. The zero-order valence-corrected chi connectivity index (χ0v) is 12.7. The van der Waals surface area contributed by atoms with Crippen molar-refractivity contribution in [3.63, 3.8) is 0 Å². The summed E-state index contributed by atoms with van der Waals surface area (Å²) in [5, 5.41) is 1.26. The second-order valence-electron chi connectivity index (χ2n) is 5.38. The van der Waals surface area contributed by atoms with Crippen LogP contribution in [0.25, 0.3) is 0 Å². The van der Waals surface area contributed by atoms with Crippen molar-refractivity contribution in [2.45, 2.75) is 16.3 Å². The van der Waals surface area contributed by atoms with Crippen molar-refractivity contribution in [2.24, 2.45) is 0 Å². The van der Waals surface area contributed by atoms with Gasteiger partial charge in [0, 0.05) is 6.07 Å². The molecule has 0 fully saturated rings. The van der Waals surface area contributed by atoms with Crippen molar-refractivity contribution in [2.75, 3.05) is 0 Å². The van der Waals surface area contributed by atoms with E-state index < -0.39 is 0 Å². The Bertz CT molecular complexity index is 842. The Morgan fingerprint density at radius 3 is 2.05 bits per heavy atom. The number of hydrogen-bond donors (Lipinski definition) is 0. The highest BCUT2D eigenvalue weighted by atomic mass is 32.2. The SMILES string of the molecule is O=c1cccc2n1[C@H](c1ccccc1)[C@@H](c1ccccc1)S2. The van der Waals surface area contributed by atoms with Crippen molar-refractivity contribution in [1.29, 1.82) is 0 Å². The van der Waals surface area contributed by atoms with Gasteiger partial charge in [-0.05, 0) is 17.2 Å². The summed E-state index contributed by atoms with van der Waals surface area (Å²) in [4.78, 5) is 12.4. The molecule has 2 nitrogen and oxygen atoms in total. The maximum atomic E-state index is 12.4. The second kappa shape index (κ2) is 5.50. The third-order valence-electron chi connectivity index (χ3n) is 4.03. The Kier molecular flexibility index (Phi) is 3.35. The molecule has 0 bridgehead atoms. The summed E-state index contributed by atoms with van der Waals surface area (Å²) in [7, 11) is 0. The first-order valence-electron chi connectivity index (χ1n) is 7.33. The van der Waals surface area contributed by atoms with Gasteiger partial charge in [0.05, 0.1) is 16.3 Å². The van der Waals surface area contributed by atoms with Crippen LogP contribution in [-0.2, 0) is 0 Å². The van der Waals surface area contributed by atoms with Crippen LogP contribution in [0.3, 0.4) is 0 Å². The molecule has 3 heteroatoms. The van der Waals surface area contributed by atoms with Gasteiger partial charge >= 0.3 is 0 Å². The Morgan fingerprint density at radius 2 is 1.36 bits per heavy atom. The molecule has 1 aliphatic heterocycles. The summed E-state index contributed by atoms with van der Waals surface area (Å²) in [5.74, 6) is 0. The van der Waals surface area contributed by atoms with Gasteiger partial charge < -0.3 is 0 Å². The minimum Gasteiger partial charge on any atom is -0.294 e. The number of aromatic nitrogens is 1. The van der Waals surface area contributed by atoms with E-state index in [2.05, 4.69) is 36.4 Å². The minimum absolute atomic E-state index is 0.0392. The van der Waals surface area contributed by atoms with Gasteiger partial charge in [0.25, 0.3) is 5.56 Å². The lowest BCUT2D eigenvalue weighted by atomic mass is 9.98. The topological polar surface area (TPSA) is 22.0 Å². The van der Waals surface area contributed by atoms with Crippen LogP contribution < -0.4 is 5.56 Å². The van der Waals surface area contributed by atoms with E-state index in [1.165, 1.54) is 11.1 Å². The number of rotatable bonds is 2. The number of thioether (sulfide) groups is 1. The van der Waals surface area contributed by atoms with E-state index in [4.69, 9.17) is 0 Å². The summed E-state index contributed by atoms with van der Waals surface area (Å²) in [6.45, 7) is 0. The van der Waals surface area contributed by atoms with Crippen LogP contribution in [0.4, 0.5) is 0 Å². The molecule has 0 amide bonds. The van der Waals surface area contributed by atoms with Crippen LogP contribution in [0.1, 0.15) is 22.4 Å². The van der Waals surface area contributed by atoms with E-state index in [0.717, 1.165) is 5.03 Å². The fourth-order valence-corrected chi connectivity index (χ4v) is 4.48. The lowest BCUT2D eigenvalue weighted by molar-refractivity contribution is 0.542. The van der Waals surface area contributed by atoms with Crippen LogP contribution in [0.2, 0.25) is 0 Å². The van der Waals surface area contributed by atoms with Crippen molar-refractivity contribution in [3.8, 4) is 0 Å². The quantitative estimate of drug-likeness (QED) is 0.705. The number of benzene rings is 2. The maximum Gasteiger partial charge on any atom is 0.252 e. The van der Waals surface area contributed by atoms with Gasteiger partial charge in [-0.2, -0.15) is 0 Å². The zero-order valence-electron chi connectivity index (χ0n) is 11.9. The number of pyridine rings is 1. The number of hydrogen-bond acceptors (Lipinski definition) is 2. The van der Waals surface area contributed by atoms with Gasteiger partial charge in [-0.25, -0.2) is 0 Å². The molecule has 2 atom stereocenters. The highest BCUT2D eigenvalue weighted by Gasteiger charge is 2.35. The van der Waals surface area contributed by atoms with Crippen molar-refractivity contribution >= 4 is 11.8 Å². The molecule has 0 N–H and O–H groups in total. The summed E-state index contributed by atoms with van der Waals surface area (Å²) < 4.78 is 1.93. The smallest absolute Gasteiger partial charge is 0.252 e. The van der Waals surface area contributed by atoms with Gasteiger partial charge in [0.15, 0.2) is 0 Å². The first-order valence-corrected chi connectivity index (χ1v) is 8.21. The lowest BCUT2D eigenvalue weighted by Crippen LogP contribution is -2.24. The molecule has 22 heavy (non-hydrogen) atoms. The van der Waals surface area contributed by atoms with Crippen molar-refractivity contribution < 1.29 is 0 Å². The molecule has 0 spiro atoms. The molecule has 3 aromatic rings. The molecule has 0 saturated carbocycles. The standard InChI is InChI=1S/C19H15NOS/c21-16-12-7-13-17-20(16)18(14-8-3-1-4-9-14)19(22-17)15-10-5-2-6-11-15/h1-13,18-19H/t18-,19-/m1/s1. The molecular formula is C19H15NOS. The van der Waals surface area contributed by atoms with Crippen LogP contribution in [0.15, 0.2) is 88.7 Å². The second-order valence-corrected chi connectivity index (χ2v) is 6.54. The van der Waals surface area contributed by atoms with E-state index in [9.17, 15) is 4.79 Å². The van der Waals surface area contributed by atoms with E-state index in [-0.39, 0.29) is 16.9 Å². The first kappa shape index (κ1) is 13.4. The monoisotopic (exact) mass is 305 g/mol. The Morgan fingerprint density at radius 1 is 0.727 bits per heavy atom. The van der Waals surface area contributed by atoms with Crippen LogP contribution >= 0.6 is 11.8 Å². The van der Waals surface area contributed by atoms with E-state index in [1.807, 2.05) is 41.0 Å². The average molecular weight is 305 g/mol. The molecule has 2 aromatic carbocycles. The first-order chi connectivity index (χ1) is 10.8. The third-order valence-corrected chi connectivity index (χ3v) is 5.39. The van der Waals surface area contributed by atoms with Crippen LogP contribution in [0, 0.1) is 0 Å². The van der Waals surface area contributed by atoms with Crippen molar-refractivity contribution in [3.05, 3.63) is 100 Å². The fraction of sp³-hybridized carbons (Fsp3) is 0.105. The Balaban J connectivity index is 1.91. The van der Waals surface area contributed by atoms with E-state index >= 15 is 0 Å². The van der Waals surface area contributed by atoms with Crippen LogP contribution in [0.5, 0.6) is 0 Å². The molecule has 2 heterocycles.